The highest BCUT2D eigenvalue weighted by atomic mass is 16.5. The smallest absolute Gasteiger partial charge is 0.290 e. The summed E-state index contributed by atoms with van der Waals surface area (Å²) in [6, 6.07) is 9.69. The van der Waals surface area contributed by atoms with Crippen molar-refractivity contribution in [3.05, 3.63) is 65.3 Å². The summed E-state index contributed by atoms with van der Waals surface area (Å²) in [5.74, 6) is 0.847. The van der Waals surface area contributed by atoms with Crippen LogP contribution in [0.1, 0.15) is 43.6 Å². The van der Waals surface area contributed by atoms with E-state index in [0.29, 0.717) is 22.8 Å². The van der Waals surface area contributed by atoms with E-state index in [-0.39, 0.29) is 41.8 Å². The summed E-state index contributed by atoms with van der Waals surface area (Å²) in [6.45, 7) is 2.38. The molecule has 0 saturated heterocycles. The summed E-state index contributed by atoms with van der Waals surface area (Å²) in [5.41, 5.74) is 1.11. The van der Waals surface area contributed by atoms with Crippen LogP contribution in [0.4, 0.5) is 0 Å². The summed E-state index contributed by atoms with van der Waals surface area (Å²) >= 11 is 0. The molecule has 29 heavy (non-hydrogen) atoms. The molecule has 6 heteroatoms. The molecule has 0 spiro atoms. The fraction of sp³-hybridized carbons (Fsp3) is 0.391. The van der Waals surface area contributed by atoms with Gasteiger partial charge < -0.3 is 19.2 Å². The molecule has 3 aliphatic rings. The zero-order valence-electron chi connectivity index (χ0n) is 16.2. The van der Waals surface area contributed by atoms with Crippen molar-refractivity contribution in [2.75, 3.05) is 0 Å². The molecule has 1 amide bonds. The van der Waals surface area contributed by atoms with Gasteiger partial charge >= 0.3 is 0 Å². The quantitative estimate of drug-likeness (QED) is 0.860. The Morgan fingerprint density at radius 3 is 2.79 bits per heavy atom. The van der Waals surface area contributed by atoms with E-state index in [9.17, 15) is 14.7 Å². The van der Waals surface area contributed by atoms with Crippen LogP contribution in [0, 0.1) is 11.8 Å². The van der Waals surface area contributed by atoms with E-state index < -0.39 is 6.04 Å². The van der Waals surface area contributed by atoms with E-state index in [1.807, 2.05) is 6.07 Å². The summed E-state index contributed by atoms with van der Waals surface area (Å²) in [4.78, 5) is 28.5. The van der Waals surface area contributed by atoms with Crippen molar-refractivity contribution >= 4 is 11.7 Å². The standard InChI is InChI=1S/C23H23NO5/c1-13-7-8-18-17(10-13)21(26)19-20(14-4-2-5-15(25)11-14)24(23(27)22(19)29-18)12-16-6-3-9-28-16/h2-6,9,11,13,17-18,20,25H,7-8,10,12H2,1H3. The average molecular weight is 393 g/mol. The second-order valence-corrected chi connectivity index (χ2v) is 8.30. The zero-order chi connectivity index (χ0) is 20.1. The fourth-order valence-corrected chi connectivity index (χ4v) is 4.90. The van der Waals surface area contributed by atoms with E-state index in [1.54, 1.807) is 41.5 Å². The van der Waals surface area contributed by atoms with Crippen LogP contribution < -0.4 is 0 Å². The van der Waals surface area contributed by atoms with Crippen molar-refractivity contribution in [3.8, 4) is 5.75 Å². The van der Waals surface area contributed by atoms with E-state index >= 15 is 0 Å². The molecular weight excluding hydrogens is 370 g/mol. The van der Waals surface area contributed by atoms with Crippen molar-refractivity contribution in [2.24, 2.45) is 11.8 Å². The van der Waals surface area contributed by atoms with Crippen molar-refractivity contribution < 1.29 is 23.8 Å². The maximum atomic E-state index is 13.5. The first-order chi connectivity index (χ1) is 14.0. The number of rotatable bonds is 3. The molecule has 150 valence electrons. The Labute approximate surface area is 168 Å². The van der Waals surface area contributed by atoms with Crippen LogP contribution in [0.3, 0.4) is 0 Å². The van der Waals surface area contributed by atoms with Crippen LogP contribution in [-0.2, 0) is 20.9 Å². The largest absolute Gasteiger partial charge is 0.508 e. The van der Waals surface area contributed by atoms with Gasteiger partial charge in [-0.1, -0.05) is 19.1 Å². The first-order valence-electron chi connectivity index (χ1n) is 10.1. The number of Topliss-reactive ketones (excluding diaryl/α,β-unsaturated/α-hetero) is 1. The molecule has 2 aliphatic heterocycles. The molecule has 5 rings (SSSR count). The molecule has 0 radical (unpaired) electrons. The first kappa shape index (κ1) is 18.0. The Hall–Kier alpha value is -3.02. The predicted molar refractivity (Wildman–Crippen MR) is 104 cm³/mol. The Morgan fingerprint density at radius 2 is 2.03 bits per heavy atom. The molecule has 1 N–H and O–H groups in total. The lowest BCUT2D eigenvalue weighted by molar-refractivity contribution is -0.136. The van der Waals surface area contributed by atoms with Gasteiger partial charge in [-0.05, 0) is 55.0 Å². The highest BCUT2D eigenvalue weighted by Crippen LogP contribution is 2.48. The van der Waals surface area contributed by atoms with E-state index in [0.717, 1.165) is 19.3 Å². The molecule has 1 saturated carbocycles. The SMILES string of the molecule is CC1CCC2OC3=C(C(=O)C2C1)C(c1cccc(O)c1)N(Cc1ccco1)C3=O. The van der Waals surface area contributed by atoms with Crippen LogP contribution >= 0.6 is 0 Å². The third-order valence-corrected chi connectivity index (χ3v) is 6.30. The van der Waals surface area contributed by atoms with Crippen LogP contribution in [0.15, 0.2) is 58.4 Å². The van der Waals surface area contributed by atoms with Gasteiger partial charge in [0.25, 0.3) is 5.91 Å². The molecule has 6 nitrogen and oxygen atoms in total. The lowest BCUT2D eigenvalue weighted by Crippen LogP contribution is -2.41. The van der Waals surface area contributed by atoms with Gasteiger partial charge in [0.15, 0.2) is 11.5 Å². The van der Waals surface area contributed by atoms with Crippen LogP contribution in [0.25, 0.3) is 0 Å². The minimum atomic E-state index is -0.597. The molecule has 1 aromatic carbocycles. The van der Waals surface area contributed by atoms with Crippen molar-refractivity contribution in [1.82, 2.24) is 4.90 Å². The number of phenolic OH excluding ortho intramolecular Hbond substituents is 1. The molecule has 3 heterocycles. The van der Waals surface area contributed by atoms with Gasteiger partial charge in [-0.2, -0.15) is 0 Å². The second kappa shape index (κ2) is 6.79. The molecule has 2 aromatic rings. The number of furan rings is 1. The normalized spacial score (nSPS) is 28.9. The number of carbonyl (C=O) groups is 2. The van der Waals surface area contributed by atoms with Gasteiger partial charge in [0.2, 0.25) is 0 Å². The number of ketones is 1. The van der Waals surface area contributed by atoms with Gasteiger partial charge in [-0.3, -0.25) is 9.59 Å². The number of carbonyl (C=O) groups excluding carboxylic acids is 2. The van der Waals surface area contributed by atoms with E-state index in [2.05, 4.69) is 6.92 Å². The van der Waals surface area contributed by atoms with Crippen LogP contribution in [-0.4, -0.2) is 27.8 Å². The third kappa shape index (κ3) is 2.94. The number of benzene rings is 1. The maximum Gasteiger partial charge on any atom is 0.290 e. The number of hydrogen-bond donors (Lipinski definition) is 1. The zero-order valence-corrected chi connectivity index (χ0v) is 16.2. The van der Waals surface area contributed by atoms with Gasteiger partial charge in [0.1, 0.15) is 17.6 Å². The number of amides is 1. The topological polar surface area (TPSA) is 80.0 Å². The van der Waals surface area contributed by atoms with Gasteiger partial charge in [0.05, 0.1) is 30.3 Å². The number of nitrogens with zero attached hydrogens (tertiary/aromatic N) is 1. The van der Waals surface area contributed by atoms with E-state index in [1.165, 1.54) is 0 Å². The third-order valence-electron chi connectivity index (χ3n) is 6.30. The number of hydrogen-bond acceptors (Lipinski definition) is 5. The molecular formula is C23H23NO5. The van der Waals surface area contributed by atoms with Crippen molar-refractivity contribution in [1.29, 1.82) is 0 Å². The van der Waals surface area contributed by atoms with Crippen LogP contribution in [0.2, 0.25) is 0 Å². The average Bonchev–Trinajstić information content (AvgIpc) is 3.31. The Kier molecular flexibility index (Phi) is 4.23. The fourth-order valence-electron chi connectivity index (χ4n) is 4.90. The highest BCUT2D eigenvalue weighted by molar-refractivity contribution is 6.11. The Balaban J connectivity index is 1.59. The highest BCUT2D eigenvalue weighted by Gasteiger charge is 2.52. The minimum Gasteiger partial charge on any atom is -0.508 e. The monoisotopic (exact) mass is 393 g/mol. The number of phenols is 1. The van der Waals surface area contributed by atoms with Crippen LogP contribution in [0.5, 0.6) is 5.75 Å². The lowest BCUT2D eigenvalue weighted by atomic mass is 9.74. The van der Waals surface area contributed by atoms with Gasteiger partial charge in [0, 0.05) is 0 Å². The number of fused-ring (bicyclic) bond motifs is 1. The lowest BCUT2D eigenvalue weighted by Gasteiger charge is -2.37. The molecule has 1 aromatic heterocycles. The minimum absolute atomic E-state index is 0.00596. The predicted octanol–water partition coefficient (Wildman–Crippen LogP) is 3.73. The molecule has 4 unspecified atom stereocenters. The summed E-state index contributed by atoms with van der Waals surface area (Å²) in [7, 11) is 0. The Morgan fingerprint density at radius 1 is 1.17 bits per heavy atom. The maximum absolute atomic E-state index is 13.5. The van der Waals surface area contributed by atoms with Gasteiger partial charge in [-0.15, -0.1) is 0 Å². The second-order valence-electron chi connectivity index (χ2n) is 8.30. The van der Waals surface area contributed by atoms with E-state index in [4.69, 9.17) is 9.15 Å². The summed E-state index contributed by atoms with van der Waals surface area (Å²) < 4.78 is 11.6. The molecule has 1 aliphatic carbocycles. The first-order valence-corrected chi connectivity index (χ1v) is 10.1. The molecule has 1 fully saturated rings. The molecule has 4 atom stereocenters. The summed E-state index contributed by atoms with van der Waals surface area (Å²) in [5, 5.41) is 10.0. The number of ether oxygens (including phenoxy) is 1. The van der Waals surface area contributed by atoms with Crippen molar-refractivity contribution in [3.63, 3.8) is 0 Å². The molecule has 0 bridgehead atoms. The summed E-state index contributed by atoms with van der Waals surface area (Å²) in [6.07, 6.45) is 3.90. The van der Waals surface area contributed by atoms with Gasteiger partial charge in [-0.25, -0.2) is 0 Å². The van der Waals surface area contributed by atoms with Crippen molar-refractivity contribution in [2.45, 2.75) is 44.9 Å². The number of aromatic hydroxyl groups is 1. The Bertz CT molecular complexity index is 992.